The van der Waals surface area contributed by atoms with Crippen LogP contribution in [0.3, 0.4) is 0 Å². The SMILES string of the molecule is CC(O)C1C(=O)N2C(C(=O)OCc3ccc([N+](=O)[O-])cc3)=C(SC3CC(C4CCCNC4)N(CO)C3)C(C)[C@@H]12. The van der Waals surface area contributed by atoms with Gasteiger partial charge in [0.25, 0.3) is 5.69 Å². The number of hydrogen-bond acceptors (Lipinski definition) is 10. The summed E-state index contributed by atoms with van der Waals surface area (Å²) in [7, 11) is 0. The second kappa shape index (κ2) is 11.5. The molecule has 0 saturated carbocycles. The van der Waals surface area contributed by atoms with Crippen molar-refractivity contribution < 1.29 is 29.5 Å². The van der Waals surface area contributed by atoms with Crippen molar-refractivity contribution in [1.29, 1.82) is 0 Å². The first kappa shape index (κ1) is 28.0. The molecule has 0 aromatic heterocycles. The average Bonchev–Trinajstić information content (AvgIpc) is 3.44. The van der Waals surface area contributed by atoms with Crippen molar-refractivity contribution in [3.63, 3.8) is 0 Å². The van der Waals surface area contributed by atoms with Crippen LogP contribution < -0.4 is 5.32 Å². The number of β-lactam (4-membered cyclic amide) rings is 1. The molecule has 5 rings (SSSR count). The Labute approximate surface area is 231 Å². The van der Waals surface area contributed by atoms with Crippen LogP contribution in [0.25, 0.3) is 0 Å². The lowest BCUT2D eigenvalue weighted by Crippen LogP contribution is -2.63. The molecule has 1 aromatic carbocycles. The number of benzene rings is 1. The molecule has 11 nitrogen and oxygen atoms in total. The molecule has 4 heterocycles. The van der Waals surface area contributed by atoms with Crippen LogP contribution >= 0.6 is 11.8 Å². The summed E-state index contributed by atoms with van der Waals surface area (Å²) in [6, 6.07) is 5.73. The highest BCUT2D eigenvalue weighted by molar-refractivity contribution is 8.03. The second-order valence-corrected chi connectivity index (χ2v) is 12.4. The number of amides is 1. The third-order valence-corrected chi connectivity index (χ3v) is 10.1. The highest BCUT2D eigenvalue weighted by Crippen LogP contribution is 2.52. The first-order chi connectivity index (χ1) is 18.7. The number of aliphatic hydroxyl groups is 2. The summed E-state index contributed by atoms with van der Waals surface area (Å²) in [5.41, 5.74) is 0.783. The van der Waals surface area contributed by atoms with E-state index in [2.05, 4.69) is 10.2 Å². The van der Waals surface area contributed by atoms with E-state index in [9.17, 15) is 29.9 Å². The van der Waals surface area contributed by atoms with Gasteiger partial charge in [0, 0.05) is 40.8 Å². The number of thioether (sulfide) groups is 1. The minimum absolute atomic E-state index is 0.0195. The Hall–Kier alpha value is -2.51. The number of carbonyl (C=O) groups excluding carboxylic acids is 2. The molecular weight excluding hydrogens is 524 g/mol. The molecule has 0 spiro atoms. The number of aliphatic hydroxyl groups excluding tert-OH is 2. The Morgan fingerprint density at radius 1 is 1.33 bits per heavy atom. The molecule has 39 heavy (non-hydrogen) atoms. The number of piperidine rings is 1. The molecule has 0 bridgehead atoms. The number of nitrogens with one attached hydrogen (secondary N) is 1. The number of carbonyl (C=O) groups is 2. The van der Waals surface area contributed by atoms with Crippen molar-refractivity contribution in [3.05, 3.63) is 50.5 Å². The monoisotopic (exact) mass is 560 g/mol. The number of nitro groups is 1. The topological polar surface area (TPSA) is 145 Å². The van der Waals surface area contributed by atoms with Crippen LogP contribution in [0.2, 0.25) is 0 Å². The molecule has 1 aromatic rings. The minimum atomic E-state index is -0.831. The fourth-order valence-electron chi connectivity index (χ4n) is 6.62. The largest absolute Gasteiger partial charge is 0.456 e. The Morgan fingerprint density at radius 3 is 2.69 bits per heavy atom. The Bertz CT molecular complexity index is 1140. The summed E-state index contributed by atoms with van der Waals surface area (Å²) in [5.74, 6) is -1.16. The number of nitro benzene ring substituents is 1. The van der Waals surface area contributed by atoms with Gasteiger partial charge < -0.3 is 25.2 Å². The fourth-order valence-corrected chi connectivity index (χ4v) is 8.18. The molecule has 7 atom stereocenters. The van der Waals surface area contributed by atoms with Crippen molar-refractivity contribution >= 4 is 29.3 Å². The van der Waals surface area contributed by atoms with Crippen LogP contribution in [0.1, 0.15) is 38.7 Å². The van der Waals surface area contributed by atoms with E-state index in [1.54, 1.807) is 18.7 Å². The van der Waals surface area contributed by atoms with Gasteiger partial charge >= 0.3 is 5.97 Å². The van der Waals surface area contributed by atoms with Crippen LogP contribution in [0, 0.1) is 27.9 Å². The van der Waals surface area contributed by atoms with E-state index in [1.807, 2.05) is 6.92 Å². The van der Waals surface area contributed by atoms with E-state index in [-0.39, 0.29) is 53.9 Å². The standard InChI is InChI=1S/C27H36N4O7S/c1-15-23-22(16(2)33)26(34)30(23)24(27(35)38-13-17-5-7-19(8-6-17)31(36)37)25(15)39-20-10-21(29(12-20)14-32)18-4-3-9-28-11-18/h5-8,15-16,18,20-23,28,32-33H,3-4,9-14H2,1-2H3/t15?,16?,18?,20?,21?,22?,23-/m0/s1. The van der Waals surface area contributed by atoms with Gasteiger partial charge in [-0.15, -0.1) is 11.8 Å². The smallest absolute Gasteiger partial charge is 0.356 e. The molecule has 212 valence electrons. The lowest BCUT2D eigenvalue weighted by atomic mass is 9.79. The zero-order valence-electron chi connectivity index (χ0n) is 22.2. The molecule has 4 aliphatic rings. The molecule has 12 heteroatoms. The summed E-state index contributed by atoms with van der Waals surface area (Å²) >= 11 is 1.59. The van der Waals surface area contributed by atoms with Crippen LogP contribution in [-0.4, -0.2) is 86.6 Å². The predicted octanol–water partition coefficient (Wildman–Crippen LogP) is 1.83. The van der Waals surface area contributed by atoms with Gasteiger partial charge in [-0.2, -0.15) is 0 Å². The molecule has 6 unspecified atom stereocenters. The van der Waals surface area contributed by atoms with Crippen LogP contribution in [0.5, 0.6) is 0 Å². The maximum absolute atomic E-state index is 13.5. The molecule has 3 N–H and O–H groups in total. The van der Waals surface area contributed by atoms with E-state index in [4.69, 9.17) is 4.74 Å². The van der Waals surface area contributed by atoms with Gasteiger partial charge in [-0.25, -0.2) is 4.79 Å². The number of fused-ring (bicyclic) bond motifs is 1. The van der Waals surface area contributed by atoms with Crippen molar-refractivity contribution in [2.45, 2.75) is 63.2 Å². The van der Waals surface area contributed by atoms with Gasteiger partial charge in [0.1, 0.15) is 12.3 Å². The number of non-ortho nitro benzene ring substituents is 1. The molecular formula is C27H36N4O7S. The summed E-state index contributed by atoms with van der Waals surface area (Å²) < 4.78 is 5.62. The van der Waals surface area contributed by atoms with E-state index in [0.717, 1.165) is 37.3 Å². The zero-order chi connectivity index (χ0) is 27.8. The zero-order valence-corrected chi connectivity index (χ0v) is 23.0. The number of hydrogen-bond donors (Lipinski definition) is 3. The van der Waals surface area contributed by atoms with Gasteiger partial charge in [0.15, 0.2) is 0 Å². The number of ether oxygens (including phenoxy) is 1. The van der Waals surface area contributed by atoms with Crippen LogP contribution in [0.4, 0.5) is 5.69 Å². The molecule has 3 saturated heterocycles. The van der Waals surface area contributed by atoms with E-state index < -0.39 is 22.9 Å². The van der Waals surface area contributed by atoms with Crippen LogP contribution in [0.15, 0.2) is 34.9 Å². The number of likely N-dealkylation sites (tertiary alicyclic amines) is 1. The third-order valence-electron chi connectivity index (χ3n) is 8.58. The van der Waals surface area contributed by atoms with Crippen molar-refractivity contribution in [3.8, 4) is 0 Å². The molecule has 0 aliphatic carbocycles. The quantitative estimate of drug-likeness (QED) is 0.177. The summed E-state index contributed by atoms with van der Waals surface area (Å²) in [4.78, 5) is 41.3. The van der Waals surface area contributed by atoms with Crippen LogP contribution in [-0.2, 0) is 20.9 Å². The van der Waals surface area contributed by atoms with Gasteiger partial charge in [-0.3, -0.25) is 19.8 Å². The van der Waals surface area contributed by atoms with Gasteiger partial charge in [0.05, 0.1) is 29.7 Å². The minimum Gasteiger partial charge on any atom is -0.456 e. The van der Waals surface area contributed by atoms with Crippen molar-refractivity contribution in [2.24, 2.45) is 17.8 Å². The number of rotatable bonds is 9. The summed E-state index contributed by atoms with van der Waals surface area (Å²) in [6.45, 7) is 6.11. The lowest BCUT2D eigenvalue weighted by molar-refractivity contribution is -0.384. The first-order valence-electron chi connectivity index (χ1n) is 13.6. The third kappa shape index (κ3) is 5.32. The maximum Gasteiger partial charge on any atom is 0.356 e. The van der Waals surface area contributed by atoms with E-state index in [0.29, 0.717) is 18.0 Å². The average molecular weight is 561 g/mol. The maximum atomic E-state index is 13.5. The number of esters is 1. The summed E-state index contributed by atoms with van der Waals surface area (Å²) in [6.07, 6.45) is 2.27. The molecule has 0 radical (unpaired) electrons. The normalized spacial score (nSPS) is 31.7. The highest BCUT2D eigenvalue weighted by atomic mass is 32.2. The van der Waals surface area contributed by atoms with E-state index in [1.165, 1.54) is 29.2 Å². The molecule has 3 fully saturated rings. The van der Waals surface area contributed by atoms with Crippen molar-refractivity contribution in [2.75, 3.05) is 26.4 Å². The predicted molar refractivity (Wildman–Crippen MR) is 144 cm³/mol. The van der Waals surface area contributed by atoms with E-state index >= 15 is 0 Å². The Kier molecular flexibility index (Phi) is 8.29. The Morgan fingerprint density at radius 2 is 2.08 bits per heavy atom. The van der Waals surface area contributed by atoms with Gasteiger partial charge in [0.2, 0.25) is 5.91 Å². The lowest BCUT2D eigenvalue weighted by Gasteiger charge is -2.46. The van der Waals surface area contributed by atoms with Gasteiger partial charge in [-0.1, -0.05) is 6.92 Å². The summed E-state index contributed by atoms with van der Waals surface area (Å²) in [5, 5.41) is 34.9. The number of nitrogens with zero attached hydrogens (tertiary/aromatic N) is 3. The van der Waals surface area contributed by atoms with Crippen molar-refractivity contribution in [1.82, 2.24) is 15.1 Å². The molecule has 4 aliphatic heterocycles. The van der Waals surface area contributed by atoms with Gasteiger partial charge in [-0.05, 0) is 62.9 Å². The Balaban J connectivity index is 1.35. The second-order valence-electron chi connectivity index (χ2n) is 11.0. The fraction of sp³-hybridized carbons (Fsp3) is 0.630. The highest BCUT2D eigenvalue weighted by Gasteiger charge is 2.60. The molecule has 1 amide bonds. The first-order valence-corrected chi connectivity index (χ1v) is 14.5.